The summed E-state index contributed by atoms with van der Waals surface area (Å²) in [4.78, 5) is 24.8. The summed E-state index contributed by atoms with van der Waals surface area (Å²) in [5.41, 5.74) is 2.47. The predicted molar refractivity (Wildman–Crippen MR) is 78.9 cm³/mol. The first-order valence-electron chi connectivity index (χ1n) is 5.59. The van der Waals surface area contributed by atoms with E-state index in [1.165, 1.54) is 0 Å². The second-order valence-corrected chi connectivity index (χ2v) is 5.76. The smallest absolute Gasteiger partial charge is 0.191 e. The Kier molecular flexibility index (Phi) is 4.30. The highest BCUT2D eigenvalue weighted by molar-refractivity contribution is 7.99. The maximum atomic E-state index is 12.4. The van der Waals surface area contributed by atoms with E-state index >= 15 is 0 Å². The van der Waals surface area contributed by atoms with Gasteiger partial charge < -0.3 is 0 Å². The first-order chi connectivity index (χ1) is 8.70. The summed E-state index contributed by atoms with van der Waals surface area (Å²) in [7, 11) is 0. The van der Waals surface area contributed by atoms with Gasteiger partial charge in [0.05, 0.1) is 0 Å². The first-order valence-corrected chi connectivity index (χ1v) is 8.37. The van der Waals surface area contributed by atoms with Crippen LogP contribution in [0.1, 0.15) is 20.7 Å². The molecule has 18 heavy (non-hydrogen) atoms. The van der Waals surface area contributed by atoms with Gasteiger partial charge in [-0.2, -0.15) is 23.5 Å². The van der Waals surface area contributed by atoms with Crippen LogP contribution in [-0.4, -0.2) is 35.6 Å². The lowest BCUT2D eigenvalue weighted by Gasteiger charge is -2.20. The van der Waals surface area contributed by atoms with E-state index in [2.05, 4.69) is 0 Å². The fourth-order valence-electron chi connectivity index (χ4n) is 2.07. The van der Waals surface area contributed by atoms with Crippen LogP contribution in [0.25, 0.3) is 0 Å². The Labute approximate surface area is 115 Å². The molecule has 2 nitrogen and oxygen atoms in total. The molecule has 1 aliphatic carbocycles. The molecule has 0 unspecified atom stereocenters. The van der Waals surface area contributed by atoms with Crippen LogP contribution in [0.4, 0.5) is 0 Å². The molecule has 0 N–H and O–H groups in total. The third-order valence-electron chi connectivity index (χ3n) is 2.91. The predicted octanol–water partition coefficient (Wildman–Crippen LogP) is 3.09. The number of Topliss-reactive ketones (excluding diaryl/α,β-unsaturated/α-hetero) is 2. The molecule has 94 valence electrons. The van der Waals surface area contributed by atoms with Gasteiger partial charge in [0.25, 0.3) is 0 Å². The molecule has 4 heteroatoms. The second-order valence-electron chi connectivity index (χ2n) is 4.03. The molecule has 1 aromatic rings. The summed E-state index contributed by atoms with van der Waals surface area (Å²) >= 11 is 3.16. The molecule has 2 rings (SSSR count). The number of ketones is 2. The molecule has 1 aliphatic rings. The Balaban J connectivity index is 2.56. The molecule has 0 bridgehead atoms. The summed E-state index contributed by atoms with van der Waals surface area (Å²) in [5, 5.41) is 0. The minimum Gasteiger partial charge on any atom is -0.289 e. The molecule has 0 radical (unpaired) electrons. The van der Waals surface area contributed by atoms with Gasteiger partial charge in [0.2, 0.25) is 0 Å². The third-order valence-corrected chi connectivity index (χ3v) is 4.06. The summed E-state index contributed by atoms with van der Waals surface area (Å²) in [6.07, 6.45) is 3.89. The highest BCUT2D eigenvalue weighted by atomic mass is 32.2. The van der Waals surface area contributed by atoms with E-state index in [0.717, 1.165) is 0 Å². The monoisotopic (exact) mass is 278 g/mol. The van der Waals surface area contributed by atoms with Crippen LogP contribution in [0, 0.1) is 0 Å². The van der Waals surface area contributed by atoms with Crippen molar-refractivity contribution in [2.45, 2.75) is 0 Å². The zero-order chi connectivity index (χ0) is 13.1. The Bertz CT molecular complexity index is 485. The number of thioether (sulfide) groups is 2. The van der Waals surface area contributed by atoms with Crippen molar-refractivity contribution in [1.82, 2.24) is 0 Å². The normalized spacial score (nSPS) is 15.0. The van der Waals surface area contributed by atoms with Gasteiger partial charge in [0.15, 0.2) is 11.6 Å². The summed E-state index contributed by atoms with van der Waals surface area (Å²) in [6, 6.07) is 7.10. The van der Waals surface area contributed by atoms with Gasteiger partial charge >= 0.3 is 0 Å². The Morgan fingerprint density at radius 2 is 1.22 bits per heavy atom. The number of fused-ring (bicyclic) bond motifs is 1. The highest BCUT2D eigenvalue weighted by Crippen LogP contribution is 2.29. The molecule has 1 aromatic carbocycles. The van der Waals surface area contributed by atoms with E-state index in [1.54, 1.807) is 47.8 Å². The zero-order valence-electron chi connectivity index (χ0n) is 10.4. The van der Waals surface area contributed by atoms with Gasteiger partial charge in [0, 0.05) is 33.8 Å². The van der Waals surface area contributed by atoms with Crippen molar-refractivity contribution in [2.75, 3.05) is 24.0 Å². The molecule has 0 saturated heterocycles. The maximum Gasteiger partial charge on any atom is 0.191 e. The lowest BCUT2D eigenvalue weighted by molar-refractivity contribution is 0.0976. The Morgan fingerprint density at radius 1 is 0.833 bits per heavy atom. The van der Waals surface area contributed by atoms with Crippen molar-refractivity contribution in [3.63, 3.8) is 0 Å². The van der Waals surface area contributed by atoms with Crippen molar-refractivity contribution in [2.24, 2.45) is 0 Å². The summed E-state index contributed by atoms with van der Waals surface area (Å²) in [6.45, 7) is 0. The molecule has 0 aliphatic heterocycles. The topological polar surface area (TPSA) is 34.1 Å². The van der Waals surface area contributed by atoms with Crippen LogP contribution in [0.5, 0.6) is 0 Å². The molecule has 0 atom stereocenters. The number of hydrogen-bond acceptors (Lipinski definition) is 4. The Morgan fingerprint density at radius 3 is 1.56 bits per heavy atom. The van der Waals surface area contributed by atoms with E-state index in [0.29, 0.717) is 33.8 Å². The van der Waals surface area contributed by atoms with Crippen LogP contribution < -0.4 is 0 Å². The van der Waals surface area contributed by atoms with Crippen LogP contribution in [0.15, 0.2) is 35.4 Å². The molecule has 0 fully saturated rings. The van der Waals surface area contributed by atoms with E-state index < -0.39 is 0 Å². The van der Waals surface area contributed by atoms with Crippen molar-refractivity contribution in [3.8, 4) is 0 Å². The third kappa shape index (κ3) is 2.27. The number of carbonyl (C=O) groups is 2. The second kappa shape index (κ2) is 5.76. The van der Waals surface area contributed by atoms with Gasteiger partial charge in [0.1, 0.15) is 0 Å². The average molecular weight is 278 g/mol. The molecule has 0 heterocycles. The van der Waals surface area contributed by atoms with Gasteiger partial charge in [-0.25, -0.2) is 0 Å². The number of rotatable bonds is 4. The largest absolute Gasteiger partial charge is 0.289 e. The zero-order valence-corrected chi connectivity index (χ0v) is 12.0. The molecule has 0 aromatic heterocycles. The number of hydrogen-bond donors (Lipinski definition) is 0. The molecule has 0 amide bonds. The average Bonchev–Trinajstić information content (AvgIpc) is 2.40. The standard InChI is InChI=1S/C14H14O2S2/c1-17-7-11-12(8-18-2)14(16)10-6-4-3-5-9(10)13(11)15/h3-6H,7-8H2,1-2H3. The molecular weight excluding hydrogens is 264 g/mol. The van der Waals surface area contributed by atoms with Gasteiger partial charge in [-0.3, -0.25) is 9.59 Å². The van der Waals surface area contributed by atoms with Crippen LogP contribution in [-0.2, 0) is 0 Å². The Hall–Kier alpha value is -1.00. The van der Waals surface area contributed by atoms with Crippen molar-refractivity contribution >= 4 is 35.1 Å². The lowest BCUT2D eigenvalue weighted by Crippen LogP contribution is -2.24. The van der Waals surface area contributed by atoms with E-state index in [9.17, 15) is 9.59 Å². The van der Waals surface area contributed by atoms with Gasteiger partial charge in [-0.15, -0.1) is 0 Å². The van der Waals surface area contributed by atoms with Crippen molar-refractivity contribution in [3.05, 3.63) is 46.5 Å². The van der Waals surface area contributed by atoms with Crippen molar-refractivity contribution in [1.29, 1.82) is 0 Å². The van der Waals surface area contributed by atoms with E-state index in [-0.39, 0.29) is 11.6 Å². The SMILES string of the molecule is CSCC1=C(CSC)C(=O)c2ccccc2C1=O. The maximum absolute atomic E-state index is 12.4. The highest BCUT2D eigenvalue weighted by Gasteiger charge is 2.30. The summed E-state index contributed by atoms with van der Waals surface area (Å²) in [5.74, 6) is 1.25. The van der Waals surface area contributed by atoms with E-state index in [1.807, 2.05) is 12.5 Å². The van der Waals surface area contributed by atoms with Gasteiger partial charge in [-0.05, 0) is 12.5 Å². The summed E-state index contributed by atoms with van der Waals surface area (Å²) < 4.78 is 0. The van der Waals surface area contributed by atoms with Crippen LogP contribution >= 0.6 is 23.5 Å². The first kappa shape index (κ1) is 13.4. The van der Waals surface area contributed by atoms with Crippen molar-refractivity contribution < 1.29 is 9.59 Å². The fourth-order valence-corrected chi connectivity index (χ4v) is 3.26. The minimum absolute atomic E-state index is 0.0172. The van der Waals surface area contributed by atoms with Gasteiger partial charge in [-0.1, -0.05) is 24.3 Å². The fraction of sp³-hybridized carbons (Fsp3) is 0.286. The molecule has 0 spiro atoms. The lowest BCUT2D eigenvalue weighted by atomic mass is 9.85. The number of benzene rings is 1. The molecular formula is C14H14O2S2. The minimum atomic E-state index is 0.0172. The van der Waals surface area contributed by atoms with E-state index in [4.69, 9.17) is 0 Å². The molecule has 0 saturated carbocycles. The van der Waals surface area contributed by atoms with Crippen LogP contribution in [0.2, 0.25) is 0 Å². The van der Waals surface area contributed by atoms with Crippen LogP contribution in [0.3, 0.4) is 0 Å². The number of carbonyl (C=O) groups excluding carboxylic acids is 2. The quantitative estimate of drug-likeness (QED) is 0.847.